The number of carbonyl (C=O) groups is 1. The van der Waals surface area contributed by atoms with Crippen LogP contribution in [0.4, 0.5) is 0 Å². The van der Waals surface area contributed by atoms with Crippen molar-refractivity contribution >= 4 is 5.91 Å². The molecule has 1 aliphatic rings. The Balaban J connectivity index is 1.78. The molecule has 0 atom stereocenters. The van der Waals surface area contributed by atoms with Crippen LogP contribution < -0.4 is 14.8 Å². The fourth-order valence-electron chi connectivity index (χ4n) is 2.03. The number of nitrogens with zero attached hydrogens (tertiary/aromatic N) is 1. The Labute approximate surface area is 125 Å². The van der Waals surface area contributed by atoms with Crippen LogP contribution in [-0.4, -0.2) is 51.2 Å². The summed E-state index contributed by atoms with van der Waals surface area (Å²) in [4.78, 5) is 13.9. The van der Waals surface area contributed by atoms with Gasteiger partial charge in [0.05, 0.1) is 13.7 Å². The average Bonchev–Trinajstić information content (AvgIpc) is 2.45. The van der Waals surface area contributed by atoms with Crippen molar-refractivity contribution in [1.29, 1.82) is 0 Å². The second kappa shape index (κ2) is 7.13. The second-order valence-corrected chi connectivity index (χ2v) is 5.08. The summed E-state index contributed by atoms with van der Waals surface area (Å²) in [7, 11) is 3.43. The minimum atomic E-state index is 0.0739. The highest BCUT2D eigenvalue weighted by Gasteiger charge is 2.18. The van der Waals surface area contributed by atoms with Crippen LogP contribution in [0.15, 0.2) is 35.4 Å². The first-order valence-corrected chi connectivity index (χ1v) is 7.03. The van der Waals surface area contributed by atoms with E-state index >= 15 is 0 Å². The number of benzene rings is 1. The predicted molar refractivity (Wildman–Crippen MR) is 81.7 cm³/mol. The first-order valence-electron chi connectivity index (χ1n) is 7.03. The number of hydrogen-bond donors (Lipinski definition) is 1. The molecule has 1 aliphatic heterocycles. The van der Waals surface area contributed by atoms with Crippen LogP contribution in [0.1, 0.15) is 6.92 Å². The van der Waals surface area contributed by atoms with Crippen molar-refractivity contribution < 1.29 is 14.3 Å². The summed E-state index contributed by atoms with van der Waals surface area (Å²) in [5.74, 6) is 1.64. The van der Waals surface area contributed by atoms with Gasteiger partial charge in [0.15, 0.2) is 0 Å². The molecule has 2 rings (SSSR count). The van der Waals surface area contributed by atoms with E-state index in [0.717, 1.165) is 30.2 Å². The molecule has 1 aromatic rings. The molecule has 1 aromatic carbocycles. The molecule has 5 heteroatoms. The highest BCUT2D eigenvalue weighted by Crippen LogP contribution is 2.17. The van der Waals surface area contributed by atoms with Crippen LogP contribution in [0, 0.1) is 0 Å². The maximum Gasteiger partial charge on any atom is 0.249 e. The van der Waals surface area contributed by atoms with Crippen molar-refractivity contribution in [2.24, 2.45) is 0 Å². The molecule has 21 heavy (non-hydrogen) atoms. The van der Waals surface area contributed by atoms with Crippen LogP contribution in [-0.2, 0) is 4.79 Å². The molecule has 1 amide bonds. The molecule has 0 aromatic heterocycles. The van der Waals surface area contributed by atoms with Crippen molar-refractivity contribution in [2.45, 2.75) is 6.92 Å². The smallest absolute Gasteiger partial charge is 0.249 e. The van der Waals surface area contributed by atoms with Crippen LogP contribution in [0.2, 0.25) is 0 Å². The van der Waals surface area contributed by atoms with E-state index in [9.17, 15) is 4.79 Å². The summed E-state index contributed by atoms with van der Waals surface area (Å²) >= 11 is 0. The van der Waals surface area contributed by atoms with Gasteiger partial charge in [-0.25, -0.2) is 0 Å². The minimum Gasteiger partial charge on any atom is -0.497 e. The topological polar surface area (TPSA) is 50.8 Å². The largest absolute Gasteiger partial charge is 0.497 e. The summed E-state index contributed by atoms with van der Waals surface area (Å²) in [6.07, 6.45) is 0. The maximum atomic E-state index is 12.2. The fraction of sp³-hybridized carbons (Fsp3) is 0.438. The van der Waals surface area contributed by atoms with Crippen LogP contribution in [0.3, 0.4) is 0 Å². The van der Waals surface area contributed by atoms with Crippen LogP contribution in [0.5, 0.6) is 11.5 Å². The monoisotopic (exact) mass is 290 g/mol. The zero-order valence-electron chi connectivity index (χ0n) is 12.8. The van der Waals surface area contributed by atoms with Crippen molar-refractivity contribution in [3.8, 4) is 11.5 Å². The molecular formula is C16H22N2O3. The third-order valence-electron chi connectivity index (χ3n) is 3.63. The predicted octanol–water partition coefficient (Wildman–Crippen LogP) is 1.45. The van der Waals surface area contributed by atoms with E-state index in [0.29, 0.717) is 13.2 Å². The Hall–Kier alpha value is -2.01. The Kier molecular flexibility index (Phi) is 5.22. The van der Waals surface area contributed by atoms with E-state index < -0.39 is 0 Å². The van der Waals surface area contributed by atoms with Gasteiger partial charge in [0.2, 0.25) is 5.91 Å². The quantitative estimate of drug-likeness (QED) is 0.806. The molecular weight excluding hydrogens is 268 g/mol. The van der Waals surface area contributed by atoms with Crippen LogP contribution >= 0.6 is 0 Å². The van der Waals surface area contributed by atoms with Crippen molar-refractivity contribution in [3.63, 3.8) is 0 Å². The summed E-state index contributed by atoms with van der Waals surface area (Å²) < 4.78 is 10.7. The summed E-state index contributed by atoms with van der Waals surface area (Å²) in [6.45, 7) is 4.57. The standard InChI is InChI=1S/C16H22N2O3/c1-12(13-10-17-11-13)16(19)18(2)8-9-21-15-6-4-14(20-3)5-7-15/h4-7,17H,8-11H2,1-3H3. The molecule has 5 nitrogen and oxygen atoms in total. The number of likely N-dealkylation sites (N-methyl/N-ethyl adjacent to an activating group) is 1. The molecule has 1 heterocycles. The zero-order chi connectivity index (χ0) is 15.2. The number of rotatable bonds is 6. The van der Waals surface area contributed by atoms with Crippen molar-refractivity contribution in [2.75, 3.05) is 40.4 Å². The SMILES string of the molecule is COc1ccc(OCCN(C)C(=O)C(C)=C2CNC2)cc1. The summed E-state index contributed by atoms with van der Waals surface area (Å²) in [5.41, 5.74) is 2.05. The Bertz CT molecular complexity index is 517. The normalized spacial score (nSPS) is 13.4. The highest BCUT2D eigenvalue weighted by atomic mass is 16.5. The zero-order valence-corrected chi connectivity index (χ0v) is 12.8. The third-order valence-corrected chi connectivity index (χ3v) is 3.63. The van der Waals surface area contributed by atoms with Gasteiger partial charge in [-0.2, -0.15) is 0 Å². The van der Waals surface area contributed by atoms with Crippen LogP contribution in [0.25, 0.3) is 0 Å². The van der Waals surface area contributed by atoms with E-state index in [1.165, 1.54) is 5.57 Å². The lowest BCUT2D eigenvalue weighted by Gasteiger charge is -2.24. The second-order valence-electron chi connectivity index (χ2n) is 5.08. The minimum absolute atomic E-state index is 0.0739. The summed E-state index contributed by atoms with van der Waals surface area (Å²) in [5, 5.41) is 3.15. The number of ether oxygens (including phenoxy) is 2. The molecule has 1 saturated heterocycles. The number of hydrogen-bond acceptors (Lipinski definition) is 4. The number of nitrogens with one attached hydrogen (secondary N) is 1. The molecule has 0 bridgehead atoms. The van der Waals surface area contributed by atoms with Gasteiger partial charge in [-0.05, 0) is 36.8 Å². The molecule has 114 valence electrons. The lowest BCUT2D eigenvalue weighted by atomic mass is 10.0. The molecule has 0 radical (unpaired) electrons. The van der Waals surface area contributed by atoms with E-state index in [4.69, 9.17) is 9.47 Å². The lowest BCUT2D eigenvalue weighted by molar-refractivity contribution is -0.126. The van der Waals surface area contributed by atoms with Gasteiger partial charge in [0.1, 0.15) is 18.1 Å². The van der Waals surface area contributed by atoms with Gasteiger partial charge >= 0.3 is 0 Å². The Morgan fingerprint density at radius 3 is 2.38 bits per heavy atom. The van der Waals surface area contributed by atoms with E-state index in [1.807, 2.05) is 31.2 Å². The lowest BCUT2D eigenvalue weighted by Crippen LogP contribution is -2.39. The van der Waals surface area contributed by atoms with Gasteiger partial charge in [0, 0.05) is 25.7 Å². The Morgan fingerprint density at radius 2 is 1.86 bits per heavy atom. The number of carbonyl (C=O) groups excluding carboxylic acids is 1. The van der Waals surface area contributed by atoms with E-state index in [-0.39, 0.29) is 5.91 Å². The summed E-state index contributed by atoms with van der Waals surface area (Å²) in [6, 6.07) is 7.41. The molecule has 1 fully saturated rings. The van der Waals surface area contributed by atoms with Gasteiger partial charge in [-0.3, -0.25) is 4.79 Å². The van der Waals surface area contributed by atoms with Gasteiger partial charge < -0.3 is 19.7 Å². The average molecular weight is 290 g/mol. The first kappa shape index (κ1) is 15.4. The van der Waals surface area contributed by atoms with Gasteiger partial charge in [0.25, 0.3) is 0 Å². The van der Waals surface area contributed by atoms with E-state index in [1.54, 1.807) is 19.1 Å². The molecule has 0 saturated carbocycles. The number of methoxy groups -OCH3 is 1. The molecule has 0 spiro atoms. The van der Waals surface area contributed by atoms with Gasteiger partial charge in [-0.15, -0.1) is 0 Å². The van der Waals surface area contributed by atoms with Crippen molar-refractivity contribution in [1.82, 2.24) is 10.2 Å². The molecule has 0 aliphatic carbocycles. The van der Waals surface area contributed by atoms with Crippen molar-refractivity contribution in [3.05, 3.63) is 35.4 Å². The third kappa shape index (κ3) is 3.98. The fourth-order valence-corrected chi connectivity index (χ4v) is 2.03. The van der Waals surface area contributed by atoms with Gasteiger partial charge in [-0.1, -0.05) is 0 Å². The maximum absolute atomic E-state index is 12.2. The Morgan fingerprint density at radius 1 is 1.24 bits per heavy atom. The highest BCUT2D eigenvalue weighted by molar-refractivity contribution is 5.93. The molecule has 1 N–H and O–H groups in total. The van der Waals surface area contributed by atoms with E-state index in [2.05, 4.69) is 5.32 Å². The number of amides is 1. The molecule has 0 unspecified atom stereocenters. The first-order chi connectivity index (χ1) is 10.1.